The zero-order valence-corrected chi connectivity index (χ0v) is 11.0. The molecule has 0 aromatic heterocycles. The van der Waals surface area contributed by atoms with E-state index in [1.54, 1.807) is 0 Å². The Morgan fingerprint density at radius 2 is 1.94 bits per heavy atom. The van der Waals surface area contributed by atoms with Crippen LogP contribution in [0.5, 0.6) is 0 Å². The average Bonchev–Trinajstić information content (AvgIpc) is 2.16. The fraction of sp³-hybridized carbons (Fsp3) is 0.455. The molecule has 5 heteroatoms. The van der Waals surface area contributed by atoms with Gasteiger partial charge in [0.2, 0.25) is 0 Å². The molecule has 0 saturated heterocycles. The SMILES string of the molecule is CC(C)(C)ONCc1c(F)ccc(Br)c1F. The topological polar surface area (TPSA) is 21.3 Å². The number of hydroxylamine groups is 1. The molecule has 1 aromatic carbocycles. The maximum Gasteiger partial charge on any atom is 0.144 e. The van der Waals surface area contributed by atoms with Crippen LogP contribution in [0.25, 0.3) is 0 Å². The molecule has 2 nitrogen and oxygen atoms in total. The lowest BCUT2D eigenvalue weighted by molar-refractivity contribution is -0.0763. The summed E-state index contributed by atoms with van der Waals surface area (Å²) >= 11 is 3.00. The Labute approximate surface area is 102 Å². The van der Waals surface area contributed by atoms with Crippen LogP contribution in [0.4, 0.5) is 8.78 Å². The van der Waals surface area contributed by atoms with E-state index in [1.165, 1.54) is 12.1 Å². The van der Waals surface area contributed by atoms with Crippen molar-refractivity contribution in [2.45, 2.75) is 32.9 Å². The third kappa shape index (κ3) is 3.81. The molecule has 0 aliphatic carbocycles. The molecule has 0 atom stereocenters. The zero-order chi connectivity index (χ0) is 12.3. The van der Waals surface area contributed by atoms with Gasteiger partial charge in [0.15, 0.2) is 0 Å². The number of hydrogen-bond acceptors (Lipinski definition) is 2. The Bertz CT molecular complexity index is 377. The maximum atomic E-state index is 13.5. The largest absolute Gasteiger partial charge is 0.296 e. The first-order chi connectivity index (χ1) is 7.31. The third-order valence-corrected chi connectivity index (χ3v) is 2.38. The molecule has 0 fully saturated rings. The Kier molecular flexibility index (Phi) is 4.41. The number of nitrogens with one attached hydrogen (secondary N) is 1. The predicted molar refractivity (Wildman–Crippen MR) is 61.7 cm³/mol. The highest BCUT2D eigenvalue weighted by atomic mass is 79.9. The van der Waals surface area contributed by atoms with Gasteiger partial charge < -0.3 is 0 Å². The molecule has 0 saturated carbocycles. The number of rotatable bonds is 3. The minimum atomic E-state index is -0.606. The van der Waals surface area contributed by atoms with Gasteiger partial charge in [-0.15, -0.1) is 0 Å². The van der Waals surface area contributed by atoms with Crippen LogP contribution in [-0.4, -0.2) is 5.60 Å². The van der Waals surface area contributed by atoms with Crippen LogP contribution in [0, 0.1) is 11.6 Å². The summed E-state index contributed by atoms with van der Waals surface area (Å²) in [6.07, 6.45) is 0. The molecule has 1 N–H and O–H groups in total. The number of hydrogen-bond donors (Lipinski definition) is 1. The third-order valence-electron chi connectivity index (χ3n) is 1.77. The minimum absolute atomic E-state index is 0.0195. The van der Waals surface area contributed by atoms with Gasteiger partial charge >= 0.3 is 0 Å². The average molecular weight is 294 g/mol. The van der Waals surface area contributed by atoms with Crippen molar-refractivity contribution < 1.29 is 13.6 Å². The summed E-state index contributed by atoms with van der Waals surface area (Å²) in [5.41, 5.74) is 2.10. The van der Waals surface area contributed by atoms with Crippen molar-refractivity contribution in [2.24, 2.45) is 0 Å². The van der Waals surface area contributed by atoms with E-state index in [0.29, 0.717) is 0 Å². The molecule has 0 spiro atoms. The van der Waals surface area contributed by atoms with Gasteiger partial charge in [0, 0.05) is 5.56 Å². The van der Waals surface area contributed by atoms with Crippen molar-refractivity contribution in [3.05, 3.63) is 33.8 Å². The molecule has 0 heterocycles. The lowest BCUT2D eigenvalue weighted by atomic mass is 10.2. The standard InChI is InChI=1S/C11H14BrF2NO/c1-11(2,3)16-15-6-7-9(13)5-4-8(12)10(7)14/h4-5,15H,6H2,1-3H3. The highest BCUT2D eigenvalue weighted by Crippen LogP contribution is 2.21. The summed E-state index contributed by atoms with van der Waals surface area (Å²) in [5.74, 6) is -1.20. The molecule has 90 valence electrons. The van der Waals surface area contributed by atoms with Gasteiger partial charge in [-0.3, -0.25) is 4.84 Å². The van der Waals surface area contributed by atoms with Crippen LogP contribution in [0.15, 0.2) is 16.6 Å². The molecular formula is C11H14BrF2NO. The summed E-state index contributed by atoms with van der Waals surface area (Å²) in [7, 11) is 0. The molecular weight excluding hydrogens is 280 g/mol. The number of halogens is 3. The zero-order valence-electron chi connectivity index (χ0n) is 9.40. The summed E-state index contributed by atoms with van der Waals surface area (Å²) in [5, 5.41) is 0. The molecule has 0 bridgehead atoms. The van der Waals surface area contributed by atoms with Crippen LogP contribution in [0.3, 0.4) is 0 Å². The highest BCUT2D eigenvalue weighted by Gasteiger charge is 2.14. The first-order valence-corrected chi connectivity index (χ1v) is 5.64. The summed E-state index contributed by atoms with van der Waals surface area (Å²) in [6, 6.07) is 2.54. The van der Waals surface area contributed by atoms with Gasteiger partial charge in [-0.2, -0.15) is 5.48 Å². The van der Waals surface area contributed by atoms with Crippen LogP contribution >= 0.6 is 15.9 Å². The Balaban J connectivity index is 2.71. The Hall–Kier alpha value is -0.520. The van der Waals surface area contributed by atoms with Gasteiger partial charge in [-0.25, -0.2) is 8.78 Å². The lowest BCUT2D eigenvalue weighted by Gasteiger charge is -2.19. The molecule has 0 radical (unpaired) electrons. The highest BCUT2D eigenvalue weighted by molar-refractivity contribution is 9.10. The monoisotopic (exact) mass is 293 g/mol. The first-order valence-electron chi connectivity index (χ1n) is 4.84. The maximum absolute atomic E-state index is 13.5. The van der Waals surface area contributed by atoms with E-state index in [2.05, 4.69) is 21.4 Å². The van der Waals surface area contributed by atoms with Gasteiger partial charge in [-0.05, 0) is 48.8 Å². The quantitative estimate of drug-likeness (QED) is 0.680. The molecule has 0 aliphatic heterocycles. The Morgan fingerprint density at radius 1 is 1.31 bits per heavy atom. The van der Waals surface area contributed by atoms with E-state index in [-0.39, 0.29) is 16.6 Å². The second kappa shape index (κ2) is 5.21. The number of benzene rings is 1. The van der Waals surface area contributed by atoms with Crippen molar-refractivity contribution in [1.82, 2.24) is 5.48 Å². The van der Waals surface area contributed by atoms with E-state index in [4.69, 9.17) is 4.84 Å². The summed E-state index contributed by atoms with van der Waals surface area (Å²) in [6.45, 7) is 5.50. The molecule has 0 aliphatic rings. The van der Waals surface area contributed by atoms with Gasteiger partial charge in [-0.1, -0.05) is 0 Å². The fourth-order valence-electron chi connectivity index (χ4n) is 1.06. The van der Waals surface area contributed by atoms with E-state index in [1.807, 2.05) is 20.8 Å². The Morgan fingerprint density at radius 3 is 2.50 bits per heavy atom. The van der Waals surface area contributed by atoms with Gasteiger partial charge in [0.25, 0.3) is 0 Å². The second-order valence-corrected chi connectivity index (χ2v) is 5.21. The van der Waals surface area contributed by atoms with Crippen LogP contribution < -0.4 is 5.48 Å². The molecule has 1 rings (SSSR count). The second-order valence-electron chi connectivity index (χ2n) is 4.36. The van der Waals surface area contributed by atoms with E-state index < -0.39 is 17.2 Å². The van der Waals surface area contributed by atoms with Crippen molar-refractivity contribution >= 4 is 15.9 Å². The van der Waals surface area contributed by atoms with Crippen LogP contribution in [0.1, 0.15) is 26.3 Å². The molecule has 16 heavy (non-hydrogen) atoms. The molecule has 1 aromatic rings. The minimum Gasteiger partial charge on any atom is -0.296 e. The molecule has 0 unspecified atom stereocenters. The van der Waals surface area contributed by atoms with Crippen LogP contribution in [0.2, 0.25) is 0 Å². The van der Waals surface area contributed by atoms with E-state index in [9.17, 15) is 8.78 Å². The first kappa shape index (κ1) is 13.5. The normalized spacial score (nSPS) is 11.9. The van der Waals surface area contributed by atoms with Crippen molar-refractivity contribution in [3.8, 4) is 0 Å². The summed E-state index contributed by atoms with van der Waals surface area (Å²) < 4.78 is 27.0. The van der Waals surface area contributed by atoms with Crippen molar-refractivity contribution in [3.63, 3.8) is 0 Å². The predicted octanol–water partition coefficient (Wildman–Crippen LogP) is 3.55. The fourth-order valence-corrected chi connectivity index (χ4v) is 1.43. The van der Waals surface area contributed by atoms with Gasteiger partial charge in [0.1, 0.15) is 11.6 Å². The van der Waals surface area contributed by atoms with Crippen LogP contribution in [-0.2, 0) is 11.4 Å². The lowest BCUT2D eigenvalue weighted by Crippen LogP contribution is -2.29. The smallest absolute Gasteiger partial charge is 0.144 e. The van der Waals surface area contributed by atoms with Gasteiger partial charge in [0.05, 0.1) is 16.6 Å². The van der Waals surface area contributed by atoms with E-state index >= 15 is 0 Å². The van der Waals surface area contributed by atoms with Crippen molar-refractivity contribution in [2.75, 3.05) is 0 Å². The van der Waals surface area contributed by atoms with Crippen molar-refractivity contribution in [1.29, 1.82) is 0 Å². The molecule has 0 amide bonds. The summed E-state index contributed by atoms with van der Waals surface area (Å²) in [4.78, 5) is 5.18. The van der Waals surface area contributed by atoms with E-state index in [0.717, 1.165) is 0 Å².